The Morgan fingerprint density at radius 1 is 1.30 bits per heavy atom. The lowest BCUT2D eigenvalue weighted by atomic mass is 10.1. The van der Waals surface area contributed by atoms with E-state index in [-0.39, 0.29) is 18.0 Å². The van der Waals surface area contributed by atoms with Gasteiger partial charge < -0.3 is 5.32 Å². The van der Waals surface area contributed by atoms with Gasteiger partial charge in [0.2, 0.25) is 5.91 Å². The number of carbonyl (C=O) groups excluding carboxylic acids is 1. The maximum Gasteiger partial charge on any atom is 0.237 e. The van der Waals surface area contributed by atoms with Gasteiger partial charge in [0.1, 0.15) is 0 Å². The molecule has 3 nitrogen and oxygen atoms in total. The molecule has 0 spiro atoms. The van der Waals surface area contributed by atoms with Gasteiger partial charge in [0, 0.05) is 16.6 Å². The molecule has 1 aliphatic rings. The molecule has 0 aromatic heterocycles. The van der Waals surface area contributed by atoms with Gasteiger partial charge in [0.15, 0.2) is 0 Å². The number of amides is 1. The van der Waals surface area contributed by atoms with Crippen LogP contribution in [0.15, 0.2) is 28.7 Å². The molecule has 4 heteroatoms. The molecular weight excluding hydrogens is 316 g/mol. The van der Waals surface area contributed by atoms with Gasteiger partial charge in [-0.1, -0.05) is 40.9 Å². The van der Waals surface area contributed by atoms with Gasteiger partial charge in [0.05, 0.1) is 6.04 Å². The van der Waals surface area contributed by atoms with E-state index in [2.05, 4.69) is 45.6 Å². The van der Waals surface area contributed by atoms with Crippen LogP contribution in [0.4, 0.5) is 0 Å². The van der Waals surface area contributed by atoms with E-state index >= 15 is 0 Å². The zero-order chi connectivity index (χ0) is 14.5. The maximum absolute atomic E-state index is 12.1. The van der Waals surface area contributed by atoms with Crippen LogP contribution in [-0.4, -0.2) is 18.0 Å². The number of nitrogens with one attached hydrogen (secondary N) is 2. The number of benzene rings is 1. The van der Waals surface area contributed by atoms with Crippen molar-refractivity contribution in [2.45, 2.75) is 57.7 Å². The number of rotatable bonds is 5. The van der Waals surface area contributed by atoms with Crippen LogP contribution in [0, 0.1) is 0 Å². The lowest BCUT2D eigenvalue weighted by molar-refractivity contribution is -0.123. The van der Waals surface area contributed by atoms with Crippen LogP contribution in [0.1, 0.15) is 51.1 Å². The Kier molecular flexibility index (Phi) is 5.61. The van der Waals surface area contributed by atoms with Crippen molar-refractivity contribution in [3.8, 4) is 0 Å². The van der Waals surface area contributed by atoms with E-state index in [1.807, 2.05) is 19.1 Å². The summed E-state index contributed by atoms with van der Waals surface area (Å²) in [5.41, 5.74) is 1.18. The Labute approximate surface area is 129 Å². The molecule has 1 amide bonds. The van der Waals surface area contributed by atoms with Crippen molar-refractivity contribution in [3.63, 3.8) is 0 Å². The van der Waals surface area contributed by atoms with E-state index in [0.717, 1.165) is 17.3 Å². The highest BCUT2D eigenvalue weighted by Crippen LogP contribution is 2.19. The number of hydrogen-bond donors (Lipinski definition) is 2. The van der Waals surface area contributed by atoms with Crippen molar-refractivity contribution < 1.29 is 4.79 Å². The molecule has 1 fully saturated rings. The molecule has 2 rings (SSSR count). The number of hydrogen-bond acceptors (Lipinski definition) is 2. The highest BCUT2D eigenvalue weighted by Gasteiger charge is 2.21. The molecule has 1 saturated carbocycles. The molecule has 0 bridgehead atoms. The lowest BCUT2D eigenvalue weighted by Crippen LogP contribution is -2.46. The summed E-state index contributed by atoms with van der Waals surface area (Å²) >= 11 is 3.48. The highest BCUT2D eigenvalue weighted by atomic mass is 79.9. The zero-order valence-corrected chi connectivity index (χ0v) is 13.7. The average Bonchev–Trinajstić information content (AvgIpc) is 2.91. The summed E-state index contributed by atoms with van der Waals surface area (Å²) in [4.78, 5) is 12.1. The second-order valence-electron chi connectivity index (χ2n) is 5.66. The quantitative estimate of drug-likeness (QED) is 0.861. The van der Waals surface area contributed by atoms with Crippen molar-refractivity contribution in [2.24, 2.45) is 0 Å². The number of halogens is 1. The smallest absolute Gasteiger partial charge is 0.237 e. The van der Waals surface area contributed by atoms with E-state index in [1.165, 1.54) is 18.4 Å². The van der Waals surface area contributed by atoms with E-state index < -0.39 is 0 Å². The van der Waals surface area contributed by atoms with Crippen molar-refractivity contribution in [3.05, 3.63) is 34.3 Å². The van der Waals surface area contributed by atoms with Crippen molar-refractivity contribution in [1.29, 1.82) is 0 Å². The summed E-state index contributed by atoms with van der Waals surface area (Å²) < 4.78 is 1.06. The van der Waals surface area contributed by atoms with E-state index in [1.54, 1.807) is 0 Å². The summed E-state index contributed by atoms with van der Waals surface area (Å²) in [5, 5.41) is 6.50. The third kappa shape index (κ3) is 4.32. The molecule has 1 aliphatic carbocycles. The van der Waals surface area contributed by atoms with Gasteiger partial charge in [-0.15, -0.1) is 0 Å². The molecule has 1 aromatic carbocycles. The lowest BCUT2D eigenvalue weighted by Gasteiger charge is -2.22. The van der Waals surface area contributed by atoms with E-state index in [9.17, 15) is 4.79 Å². The fourth-order valence-corrected chi connectivity index (χ4v) is 3.14. The van der Waals surface area contributed by atoms with Crippen LogP contribution >= 0.6 is 15.9 Å². The first-order valence-electron chi connectivity index (χ1n) is 7.38. The van der Waals surface area contributed by atoms with Crippen LogP contribution in [0.5, 0.6) is 0 Å². The Morgan fingerprint density at radius 3 is 2.65 bits per heavy atom. The molecule has 2 unspecified atom stereocenters. The SMILES string of the molecule is CC(NC(C)c1cccc(Br)c1)C(=O)NC1CCCC1. The van der Waals surface area contributed by atoms with Crippen molar-refractivity contribution >= 4 is 21.8 Å². The summed E-state index contributed by atoms with van der Waals surface area (Å²) in [6.07, 6.45) is 4.72. The molecule has 0 aliphatic heterocycles. The maximum atomic E-state index is 12.1. The van der Waals surface area contributed by atoms with Gasteiger partial charge in [-0.25, -0.2) is 0 Å². The molecule has 110 valence electrons. The van der Waals surface area contributed by atoms with Crippen LogP contribution < -0.4 is 10.6 Å². The van der Waals surface area contributed by atoms with Crippen LogP contribution in [-0.2, 0) is 4.79 Å². The third-order valence-corrected chi connectivity index (χ3v) is 4.44. The molecule has 2 atom stereocenters. The number of carbonyl (C=O) groups is 1. The average molecular weight is 339 g/mol. The molecule has 1 aromatic rings. The summed E-state index contributed by atoms with van der Waals surface area (Å²) in [5.74, 6) is 0.110. The minimum Gasteiger partial charge on any atom is -0.352 e. The first-order valence-corrected chi connectivity index (χ1v) is 8.17. The van der Waals surface area contributed by atoms with Gasteiger partial charge in [-0.2, -0.15) is 0 Å². The fraction of sp³-hybridized carbons (Fsp3) is 0.562. The van der Waals surface area contributed by atoms with Crippen LogP contribution in [0.3, 0.4) is 0 Å². The largest absolute Gasteiger partial charge is 0.352 e. The normalized spacial score (nSPS) is 18.8. The van der Waals surface area contributed by atoms with Crippen LogP contribution in [0.2, 0.25) is 0 Å². The summed E-state index contributed by atoms with van der Waals surface area (Å²) in [6.45, 7) is 4.01. The summed E-state index contributed by atoms with van der Waals surface area (Å²) in [7, 11) is 0. The predicted octanol–water partition coefficient (Wildman–Crippen LogP) is 3.55. The highest BCUT2D eigenvalue weighted by molar-refractivity contribution is 9.10. The van der Waals surface area contributed by atoms with Crippen molar-refractivity contribution in [2.75, 3.05) is 0 Å². The second-order valence-corrected chi connectivity index (χ2v) is 6.57. The van der Waals surface area contributed by atoms with Gasteiger partial charge >= 0.3 is 0 Å². The molecule has 2 N–H and O–H groups in total. The Morgan fingerprint density at radius 2 is 2.00 bits per heavy atom. The van der Waals surface area contributed by atoms with Gasteiger partial charge in [-0.3, -0.25) is 10.1 Å². The van der Waals surface area contributed by atoms with E-state index in [4.69, 9.17) is 0 Å². The minimum absolute atomic E-state index is 0.110. The predicted molar refractivity (Wildman–Crippen MR) is 85.6 cm³/mol. The Hall–Kier alpha value is -0.870. The van der Waals surface area contributed by atoms with Gasteiger partial charge in [-0.05, 0) is 44.4 Å². The molecule has 0 heterocycles. The van der Waals surface area contributed by atoms with E-state index in [0.29, 0.717) is 6.04 Å². The van der Waals surface area contributed by atoms with Crippen LogP contribution in [0.25, 0.3) is 0 Å². The fourth-order valence-electron chi connectivity index (χ4n) is 2.72. The minimum atomic E-state index is -0.176. The Balaban J connectivity index is 1.86. The molecule has 0 radical (unpaired) electrons. The molecular formula is C16H23BrN2O. The molecule has 20 heavy (non-hydrogen) atoms. The Bertz CT molecular complexity index is 458. The van der Waals surface area contributed by atoms with Gasteiger partial charge in [0.25, 0.3) is 0 Å². The third-order valence-electron chi connectivity index (χ3n) is 3.94. The second kappa shape index (κ2) is 7.23. The first kappa shape index (κ1) is 15.5. The standard InChI is InChI=1S/C16H23BrN2O/c1-11(13-6-5-7-14(17)10-13)18-12(2)16(20)19-15-8-3-4-9-15/h5-7,10-12,15,18H,3-4,8-9H2,1-2H3,(H,19,20). The molecule has 0 saturated heterocycles. The zero-order valence-electron chi connectivity index (χ0n) is 12.2. The monoisotopic (exact) mass is 338 g/mol. The summed E-state index contributed by atoms with van der Waals surface area (Å²) in [6, 6.07) is 8.53. The first-order chi connectivity index (χ1) is 9.56. The van der Waals surface area contributed by atoms with Crippen molar-refractivity contribution in [1.82, 2.24) is 10.6 Å². The topological polar surface area (TPSA) is 41.1 Å².